The number of fused-ring (bicyclic) bond motifs is 1. The van der Waals surface area contributed by atoms with Crippen molar-refractivity contribution in [2.24, 2.45) is 0 Å². The van der Waals surface area contributed by atoms with E-state index in [9.17, 15) is 13.2 Å². The van der Waals surface area contributed by atoms with Crippen LogP contribution in [0.15, 0.2) is 24.5 Å². The standard InChI is InChI=1S/C16H15F3N6S/c1-10-21-13(16(17,18)19)8-14(22-10)24-4-6-25(7-5-24)15-23-11-9-20-3-2-12(11)26-15/h2-3,8-9H,4-7H2,1H3. The zero-order chi connectivity index (χ0) is 18.3. The summed E-state index contributed by atoms with van der Waals surface area (Å²) in [6, 6.07) is 2.95. The monoisotopic (exact) mass is 380 g/mol. The maximum Gasteiger partial charge on any atom is 0.433 e. The van der Waals surface area contributed by atoms with Crippen LogP contribution in [-0.4, -0.2) is 46.1 Å². The topological polar surface area (TPSA) is 58.0 Å². The van der Waals surface area contributed by atoms with Gasteiger partial charge in [-0.3, -0.25) is 4.98 Å². The van der Waals surface area contributed by atoms with Crippen molar-refractivity contribution >= 4 is 32.5 Å². The summed E-state index contributed by atoms with van der Waals surface area (Å²) < 4.78 is 40.0. The van der Waals surface area contributed by atoms with E-state index in [1.807, 2.05) is 11.0 Å². The highest BCUT2D eigenvalue weighted by Gasteiger charge is 2.34. The minimum atomic E-state index is -4.47. The molecule has 0 atom stereocenters. The molecule has 6 nitrogen and oxygen atoms in total. The number of hydrogen-bond acceptors (Lipinski definition) is 7. The van der Waals surface area contributed by atoms with Crippen LogP contribution in [0.1, 0.15) is 11.5 Å². The van der Waals surface area contributed by atoms with E-state index in [1.165, 1.54) is 6.92 Å². The molecule has 1 fully saturated rings. The number of thiazole rings is 1. The van der Waals surface area contributed by atoms with Crippen molar-refractivity contribution in [3.8, 4) is 0 Å². The van der Waals surface area contributed by atoms with E-state index in [0.717, 1.165) is 21.4 Å². The van der Waals surface area contributed by atoms with Gasteiger partial charge >= 0.3 is 6.18 Å². The van der Waals surface area contributed by atoms with E-state index in [0.29, 0.717) is 32.0 Å². The molecule has 10 heteroatoms. The summed E-state index contributed by atoms with van der Waals surface area (Å²) in [6.45, 7) is 3.95. The molecule has 3 aromatic rings. The van der Waals surface area contributed by atoms with Gasteiger partial charge in [0.1, 0.15) is 22.9 Å². The molecule has 4 rings (SSSR count). The van der Waals surface area contributed by atoms with E-state index in [1.54, 1.807) is 23.7 Å². The maximum atomic E-state index is 13.0. The number of alkyl halides is 3. The molecule has 0 spiro atoms. The third-order valence-electron chi connectivity index (χ3n) is 4.17. The van der Waals surface area contributed by atoms with Crippen LogP contribution < -0.4 is 9.80 Å². The third kappa shape index (κ3) is 3.28. The molecule has 26 heavy (non-hydrogen) atoms. The maximum absolute atomic E-state index is 13.0. The van der Waals surface area contributed by atoms with Crippen LogP contribution >= 0.6 is 11.3 Å². The number of rotatable bonds is 2. The zero-order valence-electron chi connectivity index (χ0n) is 13.9. The van der Waals surface area contributed by atoms with Gasteiger partial charge in [0.25, 0.3) is 0 Å². The number of aryl methyl sites for hydroxylation is 1. The van der Waals surface area contributed by atoms with Crippen molar-refractivity contribution in [2.45, 2.75) is 13.1 Å². The molecule has 0 N–H and O–H groups in total. The normalized spacial score (nSPS) is 15.7. The number of piperazine rings is 1. The SMILES string of the molecule is Cc1nc(N2CCN(c3nc4cnccc4s3)CC2)cc(C(F)(F)F)n1. The van der Waals surface area contributed by atoms with Crippen LogP contribution in [0.25, 0.3) is 10.2 Å². The van der Waals surface area contributed by atoms with Gasteiger partial charge in [0.05, 0.1) is 10.9 Å². The molecule has 0 aliphatic carbocycles. The molecule has 0 aromatic carbocycles. The molecule has 1 aliphatic rings. The van der Waals surface area contributed by atoms with Crippen LogP contribution in [0.3, 0.4) is 0 Å². The fourth-order valence-corrected chi connectivity index (χ4v) is 3.87. The van der Waals surface area contributed by atoms with E-state index < -0.39 is 11.9 Å². The molecule has 1 saturated heterocycles. The summed E-state index contributed by atoms with van der Waals surface area (Å²) in [5.74, 6) is 0.439. The van der Waals surface area contributed by atoms with Gasteiger partial charge in [0.2, 0.25) is 0 Å². The Morgan fingerprint density at radius 3 is 2.46 bits per heavy atom. The summed E-state index contributed by atoms with van der Waals surface area (Å²) in [6.07, 6.45) is -1.01. The Hall–Kier alpha value is -2.49. The molecule has 3 aromatic heterocycles. The van der Waals surface area contributed by atoms with Crippen LogP contribution in [0.5, 0.6) is 0 Å². The Kier molecular flexibility index (Phi) is 4.14. The first-order valence-electron chi connectivity index (χ1n) is 8.03. The summed E-state index contributed by atoms with van der Waals surface area (Å²) in [5.41, 5.74) is -0.0442. The highest BCUT2D eigenvalue weighted by atomic mass is 32.1. The van der Waals surface area contributed by atoms with E-state index in [-0.39, 0.29) is 5.82 Å². The lowest BCUT2D eigenvalue weighted by Gasteiger charge is -2.35. The number of aromatic nitrogens is 4. The van der Waals surface area contributed by atoms with Crippen molar-refractivity contribution in [1.29, 1.82) is 0 Å². The average Bonchev–Trinajstić information content (AvgIpc) is 3.05. The van der Waals surface area contributed by atoms with Gasteiger partial charge in [0.15, 0.2) is 5.13 Å². The molecule has 0 radical (unpaired) electrons. The van der Waals surface area contributed by atoms with Crippen LogP contribution in [0.2, 0.25) is 0 Å². The predicted molar refractivity (Wildman–Crippen MR) is 93.6 cm³/mol. The van der Waals surface area contributed by atoms with Gasteiger partial charge in [-0.15, -0.1) is 0 Å². The molecule has 0 bridgehead atoms. The third-order valence-corrected chi connectivity index (χ3v) is 5.26. The van der Waals surface area contributed by atoms with Crippen LogP contribution in [0.4, 0.5) is 24.1 Å². The Bertz CT molecular complexity index is 900. The van der Waals surface area contributed by atoms with Crippen molar-refractivity contribution < 1.29 is 13.2 Å². The van der Waals surface area contributed by atoms with Gasteiger partial charge in [-0.2, -0.15) is 13.2 Å². The second kappa shape index (κ2) is 6.35. The predicted octanol–water partition coefficient (Wildman–Crippen LogP) is 3.14. The van der Waals surface area contributed by atoms with Crippen LogP contribution in [-0.2, 0) is 6.18 Å². The summed E-state index contributed by atoms with van der Waals surface area (Å²) >= 11 is 1.59. The second-order valence-corrected chi connectivity index (χ2v) is 6.98. The summed E-state index contributed by atoms with van der Waals surface area (Å²) in [4.78, 5) is 20.3. The quantitative estimate of drug-likeness (QED) is 0.681. The van der Waals surface area contributed by atoms with Crippen molar-refractivity contribution in [2.75, 3.05) is 36.0 Å². The van der Waals surface area contributed by atoms with Crippen molar-refractivity contribution in [3.63, 3.8) is 0 Å². The molecule has 1 aliphatic heterocycles. The van der Waals surface area contributed by atoms with Gasteiger partial charge < -0.3 is 9.80 Å². The zero-order valence-corrected chi connectivity index (χ0v) is 14.7. The van der Waals surface area contributed by atoms with Crippen molar-refractivity contribution in [3.05, 3.63) is 36.0 Å². The molecule has 4 heterocycles. The smallest absolute Gasteiger partial charge is 0.353 e. The lowest BCUT2D eigenvalue weighted by atomic mass is 10.3. The first-order chi connectivity index (χ1) is 12.4. The lowest BCUT2D eigenvalue weighted by molar-refractivity contribution is -0.141. The number of anilines is 2. The Balaban J connectivity index is 1.51. The molecular formula is C16H15F3N6S. The number of hydrogen-bond donors (Lipinski definition) is 0. The highest BCUT2D eigenvalue weighted by Crippen LogP contribution is 2.31. The molecule has 0 unspecified atom stereocenters. The minimum Gasteiger partial charge on any atom is -0.353 e. The molecular weight excluding hydrogens is 365 g/mol. The van der Waals surface area contributed by atoms with Crippen LogP contribution in [0, 0.1) is 6.92 Å². The average molecular weight is 380 g/mol. The van der Waals surface area contributed by atoms with Gasteiger partial charge in [-0.1, -0.05) is 11.3 Å². The summed E-state index contributed by atoms with van der Waals surface area (Å²) in [5, 5.41) is 0.905. The van der Waals surface area contributed by atoms with Crippen molar-refractivity contribution in [1.82, 2.24) is 19.9 Å². The lowest BCUT2D eigenvalue weighted by Crippen LogP contribution is -2.47. The number of halogens is 3. The fourth-order valence-electron chi connectivity index (χ4n) is 2.89. The van der Waals surface area contributed by atoms with E-state index >= 15 is 0 Å². The molecule has 0 amide bonds. The van der Waals surface area contributed by atoms with E-state index in [2.05, 4.69) is 24.8 Å². The first kappa shape index (κ1) is 17.0. The Morgan fingerprint density at radius 2 is 1.77 bits per heavy atom. The van der Waals surface area contributed by atoms with Gasteiger partial charge in [-0.05, 0) is 13.0 Å². The van der Waals surface area contributed by atoms with E-state index in [4.69, 9.17) is 0 Å². The fraction of sp³-hybridized carbons (Fsp3) is 0.375. The minimum absolute atomic E-state index is 0.121. The highest BCUT2D eigenvalue weighted by molar-refractivity contribution is 7.22. The van der Waals surface area contributed by atoms with Gasteiger partial charge in [-0.25, -0.2) is 15.0 Å². The Morgan fingerprint density at radius 1 is 1.04 bits per heavy atom. The largest absolute Gasteiger partial charge is 0.433 e. The Labute approximate surface area is 151 Å². The summed E-state index contributed by atoms with van der Waals surface area (Å²) in [7, 11) is 0. The number of nitrogens with zero attached hydrogens (tertiary/aromatic N) is 6. The molecule has 136 valence electrons. The first-order valence-corrected chi connectivity index (χ1v) is 8.85. The van der Waals surface area contributed by atoms with Gasteiger partial charge in [0, 0.05) is 38.4 Å². The second-order valence-electron chi connectivity index (χ2n) is 5.97. The number of pyridine rings is 1. The molecule has 0 saturated carbocycles.